The van der Waals surface area contributed by atoms with Crippen LogP contribution >= 0.6 is 0 Å². The second kappa shape index (κ2) is 5.74. The molecule has 1 N–H and O–H groups in total. The third-order valence-corrected chi connectivity index (χ3v) is 3.45. The van der Waals surface area contributed by atoms with Gasteiger partial charge in [0.25, 0.3) is 0 Å². The van der Waals surface area contributed by atoms with E-state index in [4.69, 9.17) is 4.74 Å². The summed E-state index contributed by atoms with van der Waals surface area (Å²) >= 11 is 0. The van der Waals surface area contributed by atoms with Crippen molar-refractivity contribution in [2.45, 2.75) is 18.8 Å². The molecule has 0 aliphatic heterocycles. The summed E-state index contributed by atoms with van der Waals surface area (Å²) in [5, 5.41) is 9.69. The smallest absolute Gasteiger partial charge is 0.314 e. The number of hydrogen-bond donors (Lipinski definition) is 1. The number of para-hydroxylation sites is 1. The lowest BCUT2D eigenvalue weighted by Gasteiger charge is -2.27. The van der Waals surface area contributed by atoms with Crippen LogP contribution in [0.2, 0.25) is 0 Å². The van der Waals surface area contributed by atoms with Crippen molar-refractivity contribution in [3.05, 3.63) is 59.9 Å². The molecule has 1 atom stereocenters. The topological polar surface area (TPSA) is 59.4 Å². The van der Waals surface area contributed by atoms with Gasteiger partial charge in [0.1, 0.15) is 5.75 Å². The van der Waals surface area contributed by atoms with E-state index in [1.54, 1.807) is 44.6 Å². The Hall–Kier alpha value is -2.36. The first-order valence-electron chi connectivity index (χ1n) is 6.33. The highest BCUT2D eigenvalue weighted by molar-refractivity contribution is 5.82. The number of carbonyl (C=O) groups is 1. The number of rotatable bonds is 5. The molecular formula is C16H17NO3. The van der Waals surface area contributed by atoms with E-state index in [-0.39, 0.29) is 0 Å². The van der Waals surface area contributed by atoms with Crippen LogP contribution in [-0.4, -0.2) is 23.2 Å². The molecule has 0 fully saturated rings. The fourth-order valence-electron chi connectivity index (χ4n) is 2.30. The van der Waals surface area contributed by atoms with Gasteiger partial charge >= 0.3 is 5.97 Å². The molecule has 0 saturated carbocycles. The van der Waals surface area contributed by atoms with E-state index in [1.807, 2.05) is 18.2 Å². The van der Waals surface area contributed by atoms with Crippen LogP contribution in [0.1, 0.15) is 18.1 Å². The maximum atomic E-state index is 11.8. The van der Waals surface area contributed by atoms with Crippen molar-refractivity contribution in [3.63, 3.8) is 0 Å². The second-order valence-corrected chi connectivity index (χ2v) is 4.88. The van der Waals surface area contributed by atoms with Crippen molar-refractivity contribution in [3.8, 4) is 5.75 Å². The molecule has 0 saturated heterocycles. The fourth-order valence-corrected chi connectivity index (χ4v) is 2.30. The quantitative estimate of drug-likeness (QED) is 0.908. The van der Waals surface area contributed by atoms with E-state index >= 15 is 0 Å². The van der Waals surface area contributed by atoms with E-state index in [1.165, 1.54) is 0 Å². The van der Waals surface area contributed by atoms with E-state index in [0.29, 0.717) is 17.7 Å². The van der Waals surface area contributed by atoms with Crippen LogP contribution in [0.15, 0.2) is 48.8 Å². The molecule has 20 heavy (non-hydrogen) atoms. The molecule has 1 aromatic carbocycles. The van der Waals surface area contributed by atoms with Gasteiger partial charge in [0.15, 0.2) is 0 Å². The Labute approximate surface area is 118 Å². The van der Waals surface area contributed by atoms with Crippen molar-refractivity contribution < 1.29 is 14.6 Å². The van der Waals surface area contributed by atoms with Gasteiger partial charge in [-0.1, -0.05) is 24.3 Å². The lowest BCUT2D eigenvalue weighted by atomic mass is 9.77. The van der Waals surface area contributed by atoms with Gasteiger partial charge in [-0.25, -0.2) is 0 Å². The van der Waals surface area contributed by atoms with E-state index in [9.17, 15) is 9.90 Å². The van der Waals surface area contributed by atoms with Gasteiger partial charge in [0.2, 0.25) is 0 Å². The molecule has 2 aromatic rings. The number of benzene rings is 1. The largest absolute Gasteiger partial charge is 0.496 e. The molecule has 2 rings (SSSR count). The number of aromatic nitrogens is 1. The minimum absolute atomic E-state index is 0.358. The van der Waals surface area contributed by atoms with Crippen molar-refractivity contribution in [2.75, 3.05) is 7.11 Å². The predicted octanol–water partition coefficient (Wildman–Crippen LogP) is 2.68. The number of ether oxygens (including phenoxy) is 1. The van der Waals surface area contributed by atoms with Crippen LogP contribution in [0.4, 0.5) is 0 Å². The zero-order valence-electron chi connectivity index (χ0n) is 11.5. The summed E-state index contributed by atoms with van der Waals surface area (Å²) in [7, 11) is 1.55. The third kappa shape index (κ3) is 2.64. The molecule has 0 spiro atoms. The first kappa shape index (κ1) is 14.1. The lowest BCUT2D eigenvalue weighted by molar-refractivity contribution is -0.143. The molecule has 0 aliphatic rings. The Balaban J connectivity index is 2.47. The van der Waals surface area contributed by atoms with Crippen molar-refractivity contribution in [1.29, 1.82) is 0 Å². The number of nitrogens with zero attached hydrogens (tertiary/aromatic N) is 1. The first-order chi connectivity index (χ1) is 9.58. The Morgan fingerprint density at radius 2 is 2.05 bits per heavy atom. The minimum atomic E-state index is -1.06. The van der Waals surface area contributed by atoms with Crippen molar-refractivity contribution in [2.24, 2.45) is 0 Å². The maximum absolute atomic E-state index is 11.8. The molecule has 0 aliphatic carbocycles. The highest BCUT2D eigenvalue weighted by Crippen LogP contribution is 2.34. The molecule has 104 valence electrons. The molecule has 1 heterocycles. The SMILES string of the molecule is COc1ccccc1C(C)(Cc1cccnc1)C(=O)O. The number of carboxylic acids is 1. The fraction of sp³-hybridized carbons (Fsp3) is 0.250. The highest BCUT2D eigenvalue weighted by Gasteiger charge is 2.37. The number of hydrogen-bond acceptors (Lipinski definition) is 3. The van der Waals surface area contributed by atoms with Crippen molar-refractivity contribution in [1.82, 2.24) is 4.98 Å². The summed E-state index contributed by atoms with van der Waals surface area (Å²) in [5.74, 6) is -0.299. The third-order valence-electron chi connectivity index (χ3n) is 3.45. The lowest BCUT2D eigenvalue weighted by Crippen LogP contribution is -2.35. The number of aliphatic carboxylic acids is 1. The number of pyridine rings is 1. The summed E-state index contributed by atoms with van der Waals surface area (Å²) in [4.78, 5) is 15.9. The molecule has 1 unspecified atom stereocenters. The van der Waals surface area contributed by atoms with Gasteiger partial charge in [-0.05, 0) is 31.0 Å². The molecule has 0 radical (unpaired) electrons. The standard InChI is InChI=1S/C16H17NO3/c1-16(15(18)19,10-12-6-5-9-17-11-12)13-7-3-4-8-14(13)20-2/h3-9,11H,10H2,1-2H3,(H,18,19). The van der Waals surface area contributed by atoms with Gasteiger partial charge < -0.3 is 9.84 Å². The number of methoxy groups -OCH3 is 1. The van der Waals surface area contributed by atoms with Crippen LogP contribution in [-0.2, 0) is 16.6 Å². The van der Waals surface area contributed by atoms with Crippen LogP contribution in [0.25, 0.3) is 0 Å². The van der Waals surface area contributed by atoms with Crippen LogP contribution < -0.4 is 4.74 Å². The summed E-state index contributed by atoms with van der Waals surface area (Å²) in [5.41, 5.74) is 0.484. The summed E-state index contributed by atoms with van der Waals surface area (Å²) in [6.45, 7) is 1.71. The monoisotopic (exact) mass is 271 g/mol. The second-order valence-electron chi connectivity index (χ2n) is 4.88. The molecule has 4 heteroatoms. The highest BCUT2D eigenvalue weighted by atomic mass is 16.5. The Bertz CT molecular complexity index is 598. The first-order valence-corrected chi connectivity index (χ1v) is 6.33. The summed E-state index contributed by atoms with van der Waals surface area (Å²) in [6, 6.07) is 10.9. The van der Waals surface area contributed by atoms with Crippen LogP contribution in [0, 0.1) is 0 Å². The van der Waals surface area contributed by atoms with Gasteiger partial charge in [-0.3, -0.25) is 9.78 Å². The van der Waals surface area contributed by atoms with Crippen LogP contribution in [0.3, 0.4) is 0 Å². The Morgan fingerprint density at radius 3 is 2.65 bits per heavy atom. The zero-order chi connectivity index (χ0) is 14.6. The molecule has 1 aromatic heterocycles. The van der Waals surface area contributed by atoms with E-state index in [2.05, 4.69) is 4.98 Å². The molecule has 0 amide bonds. The van der Waals surface area contributed by atoms with Gasteiger partial charge in [0.05, 0.1) is 12.5 Å². The predicted molar refractivity (Wildman–Crippen MR) is 75.9 cm³/mol. The summed E-state index contributed by atoms with van der Waals surface area (Å²) < 4.78 is 5.30. The van der Waals surface area contributed by atoms with Crippen LogP contribution in [0.5, 0.6) is 5.75 Å². The average Bonchev–Trinajstić information content (AvgIpc) is 2.48. The van der Waals surface area contributed by atoms with E-state index < -0.39 is 11.4 Å². The maximum Gasteiger partial charge on any atom is 0.314 e. The molecule has 0 bridgehead atoms. The Morgan fingerprint density at radius 1 is 1.30 bits per heavy atom. The summed E-state index contributed by atoms with van der Waals surface area (Å²) in [6.07, 6.45) is 3.72. The normalized spacial score (nSPS) is 13.5. The Kier molecular flexibility index (Phi) is 4.03. The van der Waals surface area contributed by atoms with Gasteiger partial charge in [-0.15, -0.1) is 0 Å². The van der Waals surface area contributed by atoms with Gasteiger partial charge in [-0.2, -0.15) is 0 Å². The molecular weight excluding hydrogens is 254 g/mol. The minimum Gasteiger partial charge on any atom is -0.496 e. The van der Waals surface area contributed by atoms with E-state index in [0.717, 1.165) is 5.56 Å². The molecule has 4 nitrogen and oxygen atoms in total. The van der Waals surface area contributed by atoms with Gasteiger partial charge in [0, 0.05) is 18.0 Å². The number of carboxylic acid groups (broad SMARTS) is 1. The zero-order valence-corrected chi connectivity index (χ0v) is 11.5. The average molecular weight is 271 g/mol. The van der Waals surface area contributed by atoms with Crippen molar-refractivity contribution >= 4 is 5.97 Å².